The van der Waals surface area contributed by atoms with Crippen molar-refractivity contribution in [1.82, 2.24) is 0 Å². The number of aliphatic carboxylic acids is 1. The van der Waals surface area contributed by atoms with Gasteiger partial charge in [-0.25, -0.2) is 0 Å². The van der Waals surface area contributed by atoms with Gasteiger partial charge in [-0.15, -0.1) is 0 Å². The van der Waals surface area contributed by atoms with Crippen molar-refractivity contribution in [3.8, 4) is 0 Å². The van der Waals surface area contributed by atoms with Gasteiger partial charge >= 0.3 is 5.97 Å². The summed E-state index contributed by atoms with van der Waals surface area (Å²) in [5, 5.41) is 19.3. The van der Waals surface area contributed by atoms with Gasteiger partial charge in [-0.2, -0.15) is 0 Å². The summed E-state index contributed by atoms with van der Waals surface area (Å²) in [5.74, 6) is -0.375. The highest BCUT2D eigenvalue weighted by Crippen LogP contribution is 2.58. The summed E-state index contributed by atoms with van der Waals surface area (Å²) in [5.41, 5.74) is 1.06. The van der Waals surface area contributed by atoms with E-state index in [0.717, 1.165) is 25.7 Å². The van der Waals surface area contributed by atoms with E-state index in [9.17, 15) is 15.0 Å². The maximum Gasteiger partial charge on any atom is 0.307 e. The van der Waals surface area contributed by atoms with Gasteiger partial charge in [0.2, 0.25) is 0 Å². The fraction of sp³-hybridized carbons (Fsp3) is 0.800. The molecule has 0 amide bonds. The summed E-state index contributed by atoms with van der Waals surface area (Å²) < 4.78 is 0. The van der Waals surface area contributed by atoms with Crippen molar-refractivity contribution in [2.75, 3.05) is 0 Å². The number of aliphatic hydroxyl groups excluding tert-OH is 1. The fourth-order valence-electron chi connectivity index (χ4n) is 4.23. The Morgan fingerprint density at radius 3 is 2.56 bits per heavy atom. The minimum atomic E-state index is -0.733. The molecule has 0 heterocycles. The van der Waals surface area contributed by atoms with Crippen molar-refractivity contribution >= 4 is 5.97 Å². The second-order valence-corrected chi connectivity index (χ2v) is 6.44. The molecule has 3 nitrogen and oxygen atoms in total. The number of carboxylic acid groups (broad SMARTS) is 1. The van der Waals surface area contributed by atoms with Crippen LogP contribution in [-0.4, -0.2) is 22.3 Å². The van der Waals surface area contributed by atoms with Gasteiger partial charge in [0.15, 0.2) is 0 Å². The zero-order chi connectivity index (χ0) is 13.5. The van der Waals surface area contributed by atoms with Crippen LogP contribution in [0.4, 0.5) is 0 Å². The first kappa shape index (κ1) is 13.6. The van der Waals surface area contributed by atoms with Crippen molar-refractivity contribution < 1.29 is 15.0 Å². The fourth-order valence-corrected chi connectivity index (χ4v) is 4.23. The van der Waals surface area contributed by atoms with Crippen LogP contribution in [0.2, 0.25) is 0 Å². The average molecular weight is 252 g/mol. The maximum atomic E-state index is 11.5. The standard InChI is InChI=1S/C15H24O3/c1-9(2)11-4-5-15(8-11)10(3)6-12(16)7-13(15)14(17)18/h10-13,16H,1,4-8H2,2-3H3,(H,17,18)/t10-,11-,12+,13+,15+/m1/s1. The third kappa shape index (κ3) is 2.09. The number of hydrogen-bond donors (Lipinski definition) is 2. The Morgan fingerprint density at radius 1 is 1.39 bits per heavy atom. The number of carboxylic acids is 1. The van der Waals surface area contributed by atoms with E-state index in [4.69, 9.17) is 0 Å². The highest BCUT2D eigenvalue weighted by molar-refractivity contribution is 5.71. The van der Waals surface area contributed by atoms with Crippen molar-refractivity contribution in [1.29, 1.82) is 0 Å². The van der Waals surface area contributed by atoms with Crippen molar-refractivity contribution in [2.24, 2.45) is 23.2 Å². The highest BCUT2D eigenvalue weighted by Gasteiger charge is 2.54. The van der Waals surface area contributed by atoms with Gasteiger partial charge in [0.1, 0.15) is 0 Å². The van der Waals surface area contributed by atoms with Crippen LogP contribution in [0.25, 0.3) is 0 Å². The summed E-state index contributed by atoms with van der Waals surface area (Å²) in [6.07, 6.45) is 3.67. The molecule has 0 bridgehead atoms. The molecule has 18 heavy (non-hydrogen) atoms. The van der Waals surface area contributed by atoms with Crippen LogP contribution in [0, 0.1) is 23.2 Å². The summed E-state index contributed by atoms with van der Waals surface area (Å²) in [6.45, 7) is 8.18. The predicted octanol–water partition coefficient (Wildman–Crippen LogP) is 2.84. The molecule has 0 aromatic carbocycles. The Labute approximate surface area is 109 Å². The van der Waals surface area contributed by atoms with Crippen LogP contribution in [0.3, 0.4) is 0 Å². The van der Waals surface area contributed by atoms with Crippen molar-refractivity contribution in [3.05, 3.63) is 12.2 Å². The van der Waals surface area contributed by atoms with E-state index in [-0.39, 0.29) is 17.3 Å². The first-order valence-corrected chi connectivity index (χ1v) is 6.93. The minimum absolute atomic E-state index is 0.116. The lowest BCUT2D eigenvalue weighted by molar-refractivity contribution is -0.155. The van der Waals surface area contributed by atoms with Crippen molar-refractivity contribution in [2.45, 2.75) is 52.1 Å². The van der Waals surface area contributed by atoms with Gasteiger partial charge in [0.25, 0.3) is 0 Å². The Balaban J connectivity index is 2.27. The monoisotopic (exact) mass is 252 g/mol. The highest BCUT2D eigenvalue weighted by atomic mass is 16.4. The molecular weight excluding hydrogens is 228 g/mol. The zero-order valence-corrected chi connectivity index (χ0v) is 11.4. The third-order valence-corrected chi connectivity index (χ3v) is 5.39. The van der Waals surface area contributed by atoms with E-state index in [1.807, 2.05) is 6.92 Å². The predicted molar refractivity (Wildman–Crippen MR) is 70.1 cm³/mol. The van der Waals surface area contributed by atoms with Crippen LogP contribution in [0.5, 0.6) is 0 Å². The Bertz CT molecular complexity index is 363. The molecule has 0 saturated heterocycles. The van der Waals surface area contributed by atoms with Crippen LogP contribution in [-0.2, 0) is 4.79 Å². The van der Waals surface area contributed by atoms with Gasteiger partial charge < -0.3 is 10.2 Å². The molecule has 102 valence electrons. The van der Waals surface area contributed by atoms with Gasteiger partial charge in [0.05, 0.1) is 12.0 Å². The first-order valence-electron chi connectivity index (χ1n) is 6.93. The molecule has 2 aliphatic rings. The number of hydrogen-bond acceptors (Lipinski definition) is 2. The topological polar surface area (TPSA) is 57.5 Å². The molecule has 0 aliphatic heterocycles. The lowest BCUT2D eigenvalue weighted by atomic mass is 9.58. The largest absolute Gasteiger partial charge is 0.481 e. The SMILES string of the molecule is C=C(C)[C@@H]1CC[C@]2(C1)[C@H](C)C[C@H](O)C[C@H]2C(=O)O. The maximum absolute atomic E-state index is 11.5. The van der Waals surface area contributed by atoms with E-state index in [1.165, 1.54) is 5.57 Å². The normalized spacial score (nSPS) is 44.2. The van der Waals surface area contributed by atoms with E-state index in [0.29, 0.717) is 12.3 Å². The number of carbonyl (C=O) groups is 1. The van der Waals surface area contributed by atoms with Gasteiger partial charge in [-0.3, -0.25) is 4.79 Å². The third-order valence-electron chi connectivity index (χ3n) is 5.39. The summed E-state index contributed by atoms with van der Waals surface area (Å²) in [6, 6.07) is 0. The molecule has 2 rings (SSSR count). The van der Waals surface area contributed by atoms with Gasteiger partial charge in [-0.05, 0) is 56.3 Å². The molecule has 0 radical (unpaired) electrons. The molecule has 0 unspecified atom stereocenters. The number of allylic oxidation sites excluding steroid dienone is 1. The summed E-state index contributed by atoms with van der Waals surface area (Å²) in [4.78, 5) is 11.5. The minimum Gasteiger partial charge on any atom is -0.481 e. The second-order valence-electron chi connectivity index (χ2n) is 6.44. The molecule has 2 fully saturated rings. The van der Waals surface area contributed by atoms with E-state index in [2.05, 4.69) is 13.5 Å². The van der Waals surface area contributed by atoms with Crippen molar-refractivity contribution in [3.63, 3.8) is 0 Å². The Kier molecular flexibility index (Phi) is 3.54. The lowest BCUT2D eigenvalue weighted by Crippen LogP contribution is -2.46. The number of aliphatic hydroxyl groups is 1. The molecule has 2 saturated carbocycles. The van der Waals surface area contributed by atoms with E-state index < -0.39 is 12.1 Å². The van der Waals surface area contributed by atoms with Crippen LogP contribution in [0.1, 0.15) is 46.0 Å². The quantitative estimate of drug-likeness (QED) is 0.743. The lowest BCUT2D eigenvalue weighted by Gasteiger charge is -2.46. The molecule has 5 atom stereocenters. The van der Waals surface area contributed by atoms with E-state index in [1.54, 1.807) is 0 Å². The smallest absolute Gasteiger partial charge is 0.307 e. The molecular formula is C15H24O3. The van der Waals surface area contributed by atoms with E-state index >= 15 is 0 Å². The van der Waals surface area contributed by atoms with Crippen LogP contribution < -0.4 is 0 Å². The molecule has 3 heteroatoms. The zero-order valence-electron chi connectivity index (χ0n) is 11.4. The molecule has 2 aliphatic carbocycles. The van der Waals surface area contributed by atoms with Gasteiger partial charge in [-0.1, -0.05) is 19.1 Å². The van der Waals surface area contributed by atoms with Crippen LogP contribution >= 0.6 is 0 Å². The van der Waals surface area contributed by atoms with Gasteiger partial charge in [0, 0.05) is 0 Å². The molecule has 1 spiro atoms. The Hall–Kier alpha value is -0.830. The number of rotatable bonds is 2. The Morgan fingerprint density at radius 2 is 2.06 bits per heavy atom. The molecule has 0 aromatic rings. The average Bonchev–Trinajstić information content (AvgIpc) is 2.69. The molecule has 2 N–H and O–H groups in total. The summed E-state index contributed by atoms with van der Waals surface area (Å²) >= 11 is 0. The first-order chi connectivity index (χ1) is 8.36. The second kappa shape index (κ2) is 4.69. The molecule has 0 aromatic heterocycles. The van der Waals surface area contributed by atoms with Crippen LogP contribution in [0.15, 0.2) is 12.2 Å². The summed E-state index contributed by atoms with van der Waals surface area (Å²) in [7, 11) is 0.